The van der Waals surface area contributed by atoms with Crippen molar-refractivity contribution in [2.75, 3.05) is 27.4 Å². The predicted octanol–water partition coefficient (Wildman–Crippen LogP) is 0.510. The van der Waals surface area contributed by atoms with Crippen LogP contribution in [0, 0.1) is 0 Å². The number of aliphatic hydroxyl groups is 1. The number of hydrogen-bond acceptors (Lipinski definition) is 5. The van der Waals surface area contributed by atoms with Gasteiger partial charge in [0.2, 0.25) is 0 Å². The molecule has 1 aliphatic heterocycles. The summed E-state index contributed by atoms with van der Waals surface area (Å²) in [5.41, 5.74) is -0.855. The largest absolute Gasteiger partial charge is 0.400 e. The van der Waals surface area contributed by atoms with E-state index in [0.717, 1.165) is 20.3 Å². The van der Waals surface area contributed by atoms with Crippen LogP contribution in [0.15, 0.2) is 21.9 Å². The molecule has 7 nitrogen and oxygen atoms in total. The van der Waals surface area contributed by atoms with Crippen LogP contribution in [-0.4, -0.2) is 48.6 Å². The van der Waals surface area contributed by atoms with E-state index in [4.69, 9.17) is 14.6 Å². The Morgan fingerprint density at radius 1 is 1.40 bits per heavy atom. The lowest BCUT2D eigenvalue weighted by atomic mass is 10.2. The Kier molecular flexibility index (Phi) is 16.3. The van der Waals surface area contributed by atoms with Gasteiger partial charge in [-0.2, -0.15) is 0 Å². The topological polar surface area (TPSA) is 104 Å². The molecule has 0 amide bonds. The molecule has 1 fully saturated rings. The van der Waals surface area contributed by atoms with E-state index < -0.39 is 5.69 Å². The van der Waals surface area contributed by atoms with Crippen LogP contribution < -0.4 is 11.2 Å². The summed E-state index contributed by atoms with van der Waals surface area (Å²) in [6.45, 7) is 5.69. The molecular formula is C13H26N2O5. The van der Waals surface area contributed by atoms with Crippen LogP contribution in [0.4, 0.5) is 0 Å². The minimum atomic E-state index is -0.475. The highest BCUT2D eigenvalue weighted by atomic mass is 16.5. The first kappa shape index (κ1) is 20.9. The van der Waals surface area contributed by atoms with Gasteiger partial charge in [-0.15, -0.1) is 0 Å². The van der Waals surface area contributed by atoms with Crippen LogP contribution in [0.3, 0.4) is 0 Å². The molecule has 2 rings (SSSR count). The third-order valence-corrected chi connectivity index (χ3v) is 2.06. The van der Waals surface area contributed by atoms with Crippen molar-refractivity contribution in [1.82, 2.24) is 9.97 Å². The molecular weight excluding hydrogens is 264 g/mol. The highest BCUT2D eigenvalue weighted by Crippen LogP contribution is 2.10. The second-order valence-corrected chi connectivity index (χ2v) is 3.39. The van der Waals surface area contributed by atoms with E-state index >= 15 is 0 Å². The molecule has 0 spiro atoms. The number of methoxy groups -OCH3 is 1. The van der Waals surface area contributed by atoms with Gasteiger partial charge in [-0.05, 0) is 12.8 Å². The summed E-state index contributed by atoms with van der Waals surface area (Å²) in [5, 5.41) is 7.00. The zero-order valence-electron chi connectivity index (χ0n) is 12.6. The molecule has 1 saturated heterocycles. The van der Waals surface area contributed by atoms with Gasteiger partial charge in [0.1, 0.15) is 0 Å². The van der Waals surface area contributed by atoms with Crippen molar-refractivity contribution < 1.29 is 14.6 Å². The molecule has 0 radical (unpaired) electrons. The summed E-state index contributed by atoms with van der Waals surface area (Å²) in [4.78, 5) is 24.7. The van der Waals surface area contributed by atoms with E-state index in [1.165, 1.54) is 25.1 Å². The zero-order valence-corrected chi connectivity index (χ0v) is 12.6. The van der Waals surface area contributed by atoms with Crippen molar-refractivity contribution in [3.8, 4) is 0 Å². The van der Waals surface area contributed by atoms with Gasteiger partial charge in [0.15, 0.2) is 0 Å². The third kappa shape index (κ3) is 11.6. The van der Waals surface area contributed by atoms with Crippen LogP contribution in [0.5, 0.6) is 0 Å². The molecule has 1 atom stereocenters. The van der Waals surface area contributed by atoms with E-state index in [1.807, 2.05) is 18.8 Å². The average molecular weight is 290 g/mol. The number of aliphatic hydroxyl groups excluding tert-OH is 1. The lowest BCUT2D eigenvalue weighted by Gasteiger charge is -2.05. The van der Waals surface area contributed by atoms with Crippen LogP contribution in [0.1, 0.15) is 26.7 Å². The van der Waals surface area contributed by atoms with Gasteiger partial charge in [-0.1, -0.05) is 13.8 Å². The number of ether oxygens (including phenoxy) is 2. The molecule has 1 aromatic heterocycles. The van der Waals surface area contributed by atoms with Crippen LogP contribution >= 0.6 is 0 Å². The molecule has 0 bridgehead atoms. The van der Waals surface area contributed by atoms with E-state index in [-0.39, 0.29) is 5.56 Å². The molecule has 0 aromatic carbocycles. The van der Waals surface area contributed by atoms with Crippen LogP contribution in [-0.2, 0) is 9.47 Å². The number of H-pyrrole nitrogens is 2. The minimum absolute atomic E-state index is 0.381. The fraction of sp³-hybridized carbons (Fsp3) is 0.692. The van der Waals surface area contributed by atoms with Crippen molar-refractivity contribution in [1.29, 1.82) is 0 Å². The fourth-order valence-electron chi connectivity index (χ4n) is 1.34. The number of hydrogen-bond donors (Lipinski definition) is 3. The lowest BCUT2D eigenvalue weighted by Crippen LogP contribution is -2.19. The van der Waals surface area contributed by atoms with Crippen molar-refractivity contribution in [2.24, 2.45) is 0 Å². The maximum Gasteiger partial charge on any atom is 0.325 e. The van der Waals surface area contributed by atoms with E-state index in [2.05, 4.69) is 4.98 Å². The second kappa shape index (κ2) is 15.6. The number of aromatic amines is 2. The highest BCUT2D eigenvalue weighted by Gasteiger charge is 2.13. The Labute approximate surface area is 119 Å². The van der Waals surface area contributed by atoms with Crippen molar-refractivity contribution in [3.05, 3.63) is 33.1 Å². The quantitative estimate of drug-likeness (QED) is 0.736. The molecule has 0 aliphatic carbocycles. The van der Waals surface area contributed by atoms with Crippen LogP contribution in [0.25, 0.3) is 0 Å². The molecule has 118 valence electrons. The molecule has 2 heterocycles. The van der Waals surface area contributed by atoms with E-state index in [9.17, 15) is 9.59 Å². The van der Waals surface area contributed by atoms with E-state index in [1.54, 1.807) is 7.11 Å². The molecule has 7 heteroatoms. The molecule has 1 unspecified atom stereocenters. The van der Waals surface area contributed by atoms with Crippen molar-refractivity contribution in [2.45, 2.75) is 32.8 Å². The summed E-state index contributed by atoms with van der Waals surface area (Å²) in [5.74, 6) is 0. The van der Waals surface area contributed by atoms with Crippen LogP contribution in [0.2, 0.25) is 0 Å². The normalized spacial score (nSPS) is 15.8. The van der Waals surface area contributed by atoms with Gasteiger partial charge in [0.05, 0.1) is 12.7 Å². The number of aromatic nitrogens is 2. The average Bonchev–Trinajstić information content (AvgIpc) is 2.97. The van der Waals surface area contributed by atoms with Gasteiger partial charge >= 0.3 is 5.69 Å². The fourth-order valence-corrected chi connectivity index (χ4v) is 1.34. The number of nitrogens with one attached hydrogen (secondary N) is 2. The summed E-state index contributed by atoms with van der Waals surface area (Å²) >= 11 is 0. The standard InChI is InChI=1S/C6H12O2.C4H4N2O2.C2H6.CH4O/c1-7-5-6-3-2-4-8-6;7-3-1-2-5-4(8)6-3;2*1-2/h6H,2-5H2,1H3;1-2H,(H2,5,6,7,8);1-2H3;2H,1H3. The lowest BCUT2D eigenvalue weighted by molar-refractivity contribution is 0.0380. The van der Waals surface area contributed by atoms with Gasteiger partial charge in [0.25, 0.3) is 5.56 Å². The minimum Gasteiger partial charge on any atom is -0.400 e. The van der Waals surface area contributed by atoms with E-state index in [0.29, 0.717) is 6.10 Å². The maximum absolute atomic E-state index is 10.2. The summed E-state index contributed by atoms with van der Waals surface area (Å²) < 4.78 is 10.2. The van der Waals surface area contributed by atoms with Gasteiger partial charge in [-0.25, -0.2) is 4.79 Å². The SMILES string of the molecule is CC.CO.COCC1CCCO1.O=c1cc[nH]c(=O)[nH]1. The Hall–Kier alpha value is -1.44. The third-order valence-electron chi connectivity index (χ3n) is 2.06. The van der Waals surface area contributed by atoms with Crippen molar-refractivity contribution in [3.63, 3.8) is 0 Å². The monoisotopic (exact) mass is 290 g/mol. The Morgan fingerprint density at radius 2 is 2.05 bits per heavy atom. The Morgan fingerprint density at radius 3 is 2.40 bits per heavy atom. The molecule has 20 heavy (non-hydrogen) atoms. The summed E-state index contributed by atoms with van der Waals surface area (Å²) in [7, 11) is 2.71. The Bertz CT molecular complexity index is 371. The second-order valence-electron chi connectivity index (χ2n) is 3.39. The van der Waals surface area contributed by atoms with Gasteiger partial charge in [0, 0.05) is 33.1 Å². The summed E-state index contributed by atoms with van der Waals surface area (Å²) in [6, 6.07) is 1.24. The maximum atomic E-state index is 10.2. The smallest absolute Gasteiger partial charge is 0.325 e. The zero-order chi connectivity index (χ0) is 15.8. The van der Waals surface area contributed by atoms with Gasteiger partial charge in [-0.3, -0.25) is 9.78 Å². The van der Waals surface area contributed by atoms with Crippen molar-refractivity contribution >= 4 is 0 Å². The highest BCUT2D eigenvalue weighted by molar-refractivity contribution is 4.77. The molecule has 3 N–H and O–H groups in total. The molecule has 1 aliphatic rings. The first-order chi connectivity index (χ1) is 9.72. The predicted molar refractivity (Wildman–Crippen MR) is 78.0 cm³/mol. The molecule has 0 saturated carbocycles. The first-order valence-corrected chi connectivity index (χ1v) is 6.55. The van der Waals surface area contributed by atoms with Gasteiger partial charge < -0.3 is 19.6 Å². The number of rotatable bonds is 2. The molecule has 1 aromatic rings. The first-order valence-electron chi connectivity index (χ1n) is 6.55. The summed E-state index contributed by atoms with van der Waals surface area (Å²) in [6.07, 6.45) is 4.06. The Balaban J connectivity index is 0.